The normalized spacial score (nSPS) is 17.9. The summed E-state index contributed by atoms with van der Waals surface area (Å²) in [5, 5.41) is 16.6. The van der Waals surface area contributed by atoms with Crippen molar-refractivity contribution in [1.82, 2.24) is 14.7 Å². The van der Waals surface area contributed by atoms with E-state index in [1.54, 1.807) is 41.3 Å². The molecule has 11 heteroatoms. The van der Waals surface area contributed by atoms with Crippen LogP contribution in [-0.2, 0) is 19.2 Å². The maximum absolute atomic E-state index is 13.7. The van der Waals surface area contributed by atoms with Crippen LogP contribution in [0.1, 0.15) is 49.0 Å². The molecule has 55 heavy (non-hydrogen) atoms. The SMILES string of the molecule is CN(C)[C@@H](C(=O)N1CCC[C@H]1C(=O)Nc1ccc(-c2ccc(-c3ccc(NC(=O)[C@@H]4CCCN4C(=O)[C@H](O)c4ccccc4)cc3)o2)cc1)c1ccccc1. The van der Waals surface area contributed by atoms with Gasteiger partial charge in [0.15, 0.2) is 6.10 Å². The Bertz CT molecular complexity index is 2120. The Labute approximate surface area is 320 Å². The number of carbonyl (C=O) groups is 4. The molecule has 11 nitrogen and oxygen atoms in total. The van der Waals surface area contributed by atoms with Crippen molar-refractivity contribution >= 4 is 35.0 Å². The highest BCUT2D eigenvalue weighted by Crippen LogP contribution is 2.32. The van der Waals surface area contributed by atoms with Crippen LogP contribution >= 0.6 is 0 Å². The van der Waals surface area contributed by atoms with Crippen LogP contribution in [0.25, 0.3) is 22.6 Å². The summed E-state index contributed by atoms with van der Waals surface area (Å²) in [6.07, 6.45) is 1.24. The van der Waals surface area contributed by atoms with Gasteiger partial charge in [-0.1, -0.05) is 60.7 Å². The van der Waals surface area contributed by atoms with Crippen molar-refractivity contribution in [3.8, 4) is 22.6 Å². The minimum absolute atomic E-state index is 0.0815. The number of hydrogen-bond acceptors (Lipinski definition) is 7. The fourth-order valence-corrected chi connectivity index (χ4v) is 7.53. The van der Waals surface area contributed by atoms with E-state index in [2.05, 4.69) is 10.6 Å². The van der Waals surface area contributed by atoms with Gasteiger partial charge in [-0.2, -0.15) is 0 Å². The zero-order valence-electron chi connectivity index (χ0n) is 30.9. The fourth-order valence-electron chi connectivity index (χ4n) is 7.53. The van der Waals surface area contributed by atoms with Crippen LogP contribution in [0, 0.1) is 0 Å². The Balaban J connectivity index is 0.945. The zero-order valence-corrected chi connectivity index (χ0v) is 30.9. The van der Waals surface area contributed by atoms with Crippen LogP contribution in [0.2, 0.25) is 0 Å². The zero-order chi connectivity index (χ0) is 38.5. The largest absolute Gasteiger partial charge is 0.456 e. The van der Waals surface area contributed by atoms with Crippen LogP contribution in [0.15, 0.2) is 126 Å². The number of amides is 4. The lowest BCUT2D eigenvalue weighted by atomic mass is 10.0. The highest BCUT2D eigenvalue weighted by Gasteiger charge is 2.39. The van der Waals surface area contributed by atoms with Gasteiger partial charge >= 0.3 is 0 Å². The Morgan fingerprint density at radius 1 is 0.618 bits per heavy atom. The Morgan fingerprint density at radius 3 is 1.51 bits per heavy atom. The second kappa shape index (κ2) is 16.5. The number of nitrogens with zero attached hydrogens (tertiary/aromatic N) is 3. The van der Waals surface area contributed by atoms with Gasteiger partial charge in [0.2, 0.25) is 17.7 Å². The van der Waals surface area contributed by atoms with E-state index in [1.165, 1.54) is 4.90 Å². The predicted octanol–water partition coefficient (Wildman–Crippen LogP) is 6.51. The van der Waals surface area contributed by atoms with E-state index in [4.69, 9.17) is 4.42 Å². The number of anilines is 2. The molecule has 2 aliphatic rings. The average molecular weight is 740 g/mol. The van der Waals surface area contributed by atoms with Gasteiger partial charge in [-0.05, 0) is 112 Å². The van der Waals surface area contributed by atoms with Gasteiger partial charge in [-0.15, -0.1) is 0 Å². The smallest absolute Gasteiger partial charge is 0.256 e. The summed E-state index contributed by atoms with van der Waals surface area (Å²) < 4.78 is 6.19. The van der Waals surface area contributed by atoms with E-state index in [-0.39, 0.29) is 17.7 Å². The number of aliphatic hydroxyl groups is 1. The molecule has 0 unspecified atom stereocenters. The number of likely N-dealkylation sites (tertiary alicyclic amines) is 2. The third-order valence-electron chi connectivity index (χ3n) is 10.4. The second-order valence-electron chi connectivity index (χ2n) is 14.3. The molecule has 0 bridgehead atoms. The van der Waals surface area contributed by atoms with Crippen LogP contribution in [0.5, 0.6) is 0 Å². The van der Waals surface area contributed by atoms with Crippen molar-refractivity contribution in [3.63, 3.8) is 0 Å². The van der Waals surface area contributed by atoms with Crippen LogP contribution < -0.4 is 10.6 Å². The molecular weight excluding hydrogens is 695 g/mol. The van der Waals surface area contributed by atoms with E-state index in [0.717, 1.165) is 23.1 Å². The Kier molecular flexibility index (Phi) is 11.2. The van der Waals surface area contributed by atoms with Gasteiger partial charge in [0.1, 0.15) is 29.6 Å². The molecule has 3 N–H and O–H groups in total. The second-order valence-corrected chi connectivity index (χ2v) is 14.3. The summed E-state index contributed by atoms with van der Waals surface area (Å²) in [5.74, 6) is 0.229. The highest BCUT2D eigenvalue weighted by molar-refractivity contribution is 5.99. The van der Waals surface area contributed by atoms with Gasteiger partial charge < -0.3 is 30.0 Å². The molecule has 4 atom stereocenters. The van der Waals surface area contributed by atoms with Crippen molar-refractivity contribution < 1.29 is 28.7 Å². The standard InChI is InChI=1S/C44H45N5O6/c1-47(2)39(31-11-5-3-6-12-31)43(53)48-27-9-15-35(48)41(51)45-33-21-17-29(18-22-33)37-25-26-38(55-37)30-19-23-34(24-20-30)46-42(52)36-16-10-28-49(36)44(54)40(50)32-13-7-4-8-14-32/h3-8,11-14,17-26,35-36,39-40,50H,9-10,15-16,27-28H2,1-2H3,(H,45,51)(H,46,52)/t35-,36-,39+,40+/m0/s1. The van der Waals surface area contributed by atoms with Crippen molar-refractivity contribution in [3.05, 3.63) is 132 Å². The lowest BCUT2D eigenvalue weighted by molar-refractivity contribution is -0.144. The molecule has 5 aromatic rings. The van der Waals surface area contributed by atoms with E-state index in [0.29, 0.717) is 60.8 Å². The third-order valence-corrected chi connectivity index (χ3v) is 10.4. The van der Waals surface area contributed by atoms with Crippen molar-refractivity contribution in [2.24, 2.45) is 0 Å². The maximum Gasteiger partial charge on any atom is 0.256 e. The van der Waals surface area contributed by atoms with Crippen molar-refractivity contribution in [1.29, 1.82) is 0 Å². The van der Waals surface area contributed by atoms with Gasteiger partial charge in [0, 0.05) is 35.6 Å². The van der Waals surface area contributed by atoms with Crippen LogP contribution in [0.4, 0.5) is 11.4 Å². The number of rotatable bonds is 11. The van der Waals surface area contributed by atoms with Crippen LogP contribution in [0.3, 0.4) is 0 Å². The topological polar surface area (TPSA) is 135 Å². The van der Waals surface area contributed by atoms with E-state index < -0.39 is 30.1 Å². The Morgan fingerprint density at radius 2 is 1.05 bits per heavy atom. The first kappa shape index (κ1) is 37.3. The molecule has 1 aromatic heterocycles. The average Bonchev–Trinajstić information content (AvgIpc) is 4.01. The minimum Gasteiger partial charge on any atom is -0.456 e. The van der Waals surface area contributed by atoms with Gasteiger partial charge in [-0.25, -0.2) is 0 Å². The van der Waals surface area contributed by atoms with Gasteiger partial charge in [0.25, 0.3) is 5.91 Å². The van der Waals surface area contributed by atoms with E-state index in [9.17, 15) is 24.3 Å². The summed E-state index contributed by atoms with van der Waals surface area (Å²) in [6, 6.07) is 35.1. The Hall–Kier alpha value is -6.04. The number of carbonyl (C=O) groups excluding carboxylic acids is 4. The maximum atomic E-state index is 13.7. The number of nitrogens with one attached hydrogen (secondary N) is 2. The predicted molar refractivity (Wildman–Crippen MR) is 211 cm³/mol. The van der Waals surface area contributed by atoms with Gasteiger partial charge in [0.05, 0.1) is 0 Å². The number of furan rings is 1. The molecule has 282 valence electrons. The quantitative estimate of drug-likeness (QED) is 0.141. The van der Waals surface area contributed by atoms with Gasteiger partial charge in [-0.3, -0.25) is 24.1 Å². The van der Waals surface area contributed by atoms with E-state index >= 15 is 0 Å². The number of hydrogen-bond donors (Lipinski definition) is 3. The third kappa shape index (κ3) is 8.23. The van der Waals surface area contributed by atoms with Crippen LogP contribution in [-0.4, -0.2) is 82.7 Å². The highest BCUT2D eigenvalue weighted by atomic mass is 16.3. The lowest BCUT2D eigenvalue weighted by Crippen LogP contribution is -2.47. The molecule has 0 aliphatic carbocycles. The fraction of sp³-hybridized carbons (Fsp3) is 0.273. The molecule has 7 rings (SSSR count). The summed E-state index contributed by atoms with van der Waals surface area (Å²) in [4.78, 5) is 58.6. The molecule has 3 heterocycles. The summed E-state index contributed by atoms with van der Waals surface area (Å²) in [6.45, 7) is 0.945. The molecule has 4 aromatic carbocycles. The first-order valence-corrected chi connectivity index (χ1v) is 18.7. The molecule has 2 fully saturated rings. The van der Waals surface area contributed by atoms with Crippen molar-refractivity contribution in [2.75, 3.05) is 37.8 Å². The van der Waals surface area contributed by atoms with Crippen molar-refractivity contribution in [2.45, 2.75) is 49.9 Å². The first-order valence-electron chi connectivity index (χ1n) is 18.7. The molecule has 2 saturated heterocycles. The minimum atomic E-state index is -1.32. The molecule has 2 aliphatic heterocycles. The lowest BCUT2D eigenvalue weighted by Gasteiger charge is -2.31. The number of aliphatic hydroxyl groups excluding tert-OH is 1. The van der Waals surface area contributed by atoms with E-state index in [1.807, 2.05) is 104 Å². The molecule has 0 saturated carbocycles. The molecule has 4 amide bonds. The molecular formula is C44H45N5O6. The monoisotopic (exact) mass is 739 g/mol. The summed E-state index contributed by atoms with van der Waals surface area (Å²) >= 11 is 0. The summed E-state index contributed by atoms with van der Waals surface area (Å²) in [5.41, 5.74) is 4.24. The number of benzene rings is 4. The summed E-state index contributed by atoms with van der Waals surface area (Å²) in [7, 11) is 3.75. The first-order chi connectivity index (χ1) is 26.7. The molecule has 0 radical (unpaired) electrons. The molecule has 0 spiro atoms. The number of likely N-dealkylation sites (N-methyl/N-ethyl adjacent to an activating group) is 1.